The van der Waals surface area contributed by atoms with Crippen LogP contribution in [0.15, 0.2) is 23.1 Å². The normalized spacial score (nSPS) is 15.6. The molecule has 6 nitrogen and oxygen atoms in total. The molecule has 0 aromatic heterocycles. The van der Waals surface area contributed by atoms with Crippen molar-refractivity contribution in [2.45, 2.75) is 37.6 Å². The maximum absolute atomic E-state index is 12.7. The van der Waals surface area contributed by atoms with Crippen molar-refractivity contribution in [3.8, 4) is 0 Å². The molecule has 1 aliphatic rings. The average Bonchev–Trinajstić information content (AvgIpc) is 3.19. The van der Waals surface area contributed by atoms with Gasteiger partial charge in [-0.2, -0.15) is 4.31 Å². The second-order valence-electron chi connectivity index (χ2n) is 5.76. The highest BCUT2D eigenvalue weighted by molar-refractivity contribution is 7.89. The third-order valence-electron chi connectivity index (χ3n) is 3.34. The molecule has 7 heteroatoms. The zero-order valence-corrected chi connectivity index (χ0v) is 12.9. The van der Waals surface area contributed by atoms with Crippen LogP contribution in [-0.2, 0) is 10.0 Å². The molecule has 1 aliphatic carbocycles. The second kappa shape index (κ2) is 5.65. The molecule has 0 aliphatic heterocycles. The monoisotopic (exact) mass is 312 g/mol. The van der Waals surface area contributed by atoms with Crippen LogP contribution in [0, 0.1) is 5.92 Å². The molecule has 0 unspecified atom stereocenters. The molecule has 21 heavy (non-hydrogen) atoms. The van der Waals surface area contributed by atoms with Crippen LogP contribution in [-0.4, -0.2) is 36.4 Å². The number of anilines is 1. The van der Waals surface area contributed by atoms with Crippen LogP contribution in [0.4, 0.5) is 5.69 Å². The fraction of sp³-hybridized carbons (Fsp3) is 0.500. The Morgan fingerprint density at radius 3 is 2.48 bits per heavy atom. The molecule has 1 saturated carbocycles. The van der Waals surface area contributed by atoms with Gasteiger partial charge >= 0.3 is 5.97 Å². The first-order valence-electron chi connectivity index (χ1n) is 6.88. The number of carboxylic acids is 1. The minimum Gasteiger partial charge on any atom is -0.478 e. The van der Waals surface area contributed by atoms with Crippen molar-refractivity contribution in [3.63, 3.8) is 0 Å². The van der Waals surface area contributed by atoms with Crippen LogP contribution >= 0.6 is 0 Å². The van der Waals surface area contributed by atoms with E-state index in [1.54, 1.807) is 0 Å². The maximum atomic E-state index is 12.7. The van der Waals surface area contributed by atoms with Crippen LogP contribution in [0.3, 0.4) is 0 Å². The number of benzene rings is 1. The van der Waals surface area contributed by atoms with Crippen LogP contribution in [0.5, 0.6) is 0 Å². The molecule has 1 aromatic rings. The van der Waals surface area contributed by atoms with Gasteiger partial charge in [-0.25, -0.2) is 13.2 Å². The lowest BCUT2D eigenvalue weighted by Gasteiger charge is -2.24. The van der Waals surface area contributed by atoms with Crippen molar-refractivity contribution in [2.24, 2.45) is 5.92 Å². The van der Waals surface area contributed by atoms with E-state index in [1.807, 2.05) is 13.8 Å². The Balaban J connectivity index is 2.40. The van der Waals surface area contributed by atoms with Gasteiger partial charge in [-0.05, 0) is 37.0 Å². The van der Waals surface area contributed by atoms with Crippen molar-refractivity contribution >= 4 is 21.7 Å². The number of hydrogen-bond donors (Lipinski definition) is 2. The molecule has 0 heterocycles. The molecule has 116 valence electrons. The smallest absolute Gasteiger partial charge is 0.335 e. The van der Waals surface area contributed by atoms with Crippen LogP contribution in [0.1, 0.15) is 37.0 Å². The van der Waals surface area contributed by atoms with E-state index in [4.69, 9.17) is 10.8 Å². The molecule has 1 fully saturated rings. The lowest BCUT2D eigenvalue weighted by Crippen LogP contribution is -2.36. The Hall–Kier alpha value is -1.60. The number of nitrogens with two attached hydrogens (primary N) is 1. The number of rotatable bonds is 6. The maximum Gasteiger partial charge on any atom is 0.335 e. The van der Waals surface area contributed by atoms with E-state index in [9.17, 15) is 13.2 Å². The summed E-state index contributed by atoms with van der Waals surface area (Å²) in [5, 5.41) is 8.91. The van der Waals surface area contributed by atoms with Gasteiger partial charge in [0.1, 0.15) is 4.90 Å². The van der Waals surface area contributed by atoms with Crippen molar-refractivity contribution in [2.75, 3.05) is 12.3 Å². The minimum atomic E-state index is -3.69. The van der Waals surface area contributed by atoms with Gasteiger partial charge in [0.25, 0.3) is 0 Å². The summed E-state index contributed by atoms with van der Waals surface area (Å²) < 4.78 is 27.0. The molecule has 0 radical (unpaired) electrons. The van der Waals surface area contributed by atoms with Gasteiger partial charge in [-0.3, -0.25) is 0 Å². The Morgan fingerprint density at radius 2 is 2.05 bits per heavy atom. The van der Waals surface area contributed by atoms with Crippen LogP contribution in [0.25, 0.3) is 0 Å². The Kier molecular flexibility index (Phi) is 4.25. The summed E-state index contributed by atoms with van der Waals surface area (Å²) in [6, 6.07) is 3.78. The van der Waals surface area contributed by atoms with Crippen molar-refractivity contribution in [1.29, 1.82) is 0 Å². The molecule has 2 rings (SSSR count). The number of sulfonamides is 1. The molecule has 0 amide bonds. The third kappa shape index (κ3) is 3.36. The molecule has 3 N–H and O–H groups in total. The van der Waals surface area contributed by atoms with Gasteiger partial charge in [-0.15, -0.1) is 0 Å². The number of hydrogen-bond acceptors (Lipinski definition) is 4. The molecule has 0 atom stereocenters. The van der Waals surface area contributed by atoms with E-state index in [2.05, 4.69) is 0 Å². The fourth-order valence-corrected chi connectivity index (χ4v) is 4.16. The lowest BCUT2D eigenvalue weighted by atomic mass is 10.2. The zero-order chi connectivity index (χ0) is 15.8. The summed E-state index contributed by atoms with van der Waals surface area (Å²) in [4.78, 5) is 10.9. The minimum absolute atomic E-state index is 0.0138. The highest BCUT2D eigenvalue weighted by Gasteiger charge is 2.39. The largest absolute Gasteiger partial charge is 0.478 e. The predicted molar refractivity (Wildman–Crippen MR) is 79.6 cm³/mol. The van der Waals surface area contributed by atoms with Gasteiger partial charge in [0.2, 0.25) is 10.0 Å². The number of carboxylic acid groups (broad SMARTS) is 1. The summed E-state index contributed by atoms with van der Waals surface area (Å²) in [6.07, 6.45) is 1.72. The fourth-order valence-electron chi connectivity index (χ4n) is 2.21. The van der Waals surface area contributed by atoms with Crippen LogP contribution < -0.4 is 5.73 Å². The van der Waals surface area contributed by atoms with Crippen LogP contribution in [0.2, 0.25) is 0 Å². The zero-order valence-electron chi connectivity index (χ0n) is 12.1. The van der Waals surface area contributed by atoms with E-state index < -0.39 is 16.0 Å². The first kappa shape index (κ1) is 15.8. The van der Waals surface area contributed by atoms with Gasteiger partial charge in [0.05, 0.1) is 11.3 Å². The number of aromatic carboxylic acids is 1. The summed E-state index contributed by atoms with van der Waals surface area (Å²) in [6.45, 7) is 4.36. The van der Waals surface area contributed by atoms with E-state index >= 15 is 0 Å². The van der Waals surface area contributed by atoms with Gasteiger partial charge in [0.15, 0.2) is 0 Å². The molecule has 0 spiro atoms. The van der Waals surface area contributed by atoms with Gasteiger partial charge in [0, 0.05) is 12.6 Å². The topological polar surface area (TPSA) is 101 Å². The first-order valence-corrected chi connectivity index (χ1v) is 8.32. The van der Waals surface area contributed by atoms with E-state index in [1.165, 1.54) is 22.5 Å². The summed E-state index contributed by atoms with van der Waals surface area (Å²) >= 11 is 0. The first-order chi connectivity index (χ1) is 9.73. The van der Waals surface area contributed by atoms with E-state index in [-0.39, 0.29) is 28.1 Å². The third-order valence-corrected chi connectivity index (χ3v) is 5.33. The van der Waals surface area contributed by atoms with Crippen molar-refractivity contribution in [1.82, 2.24) is 4.31 Å². The Labute approximate surface area is 124 Å². The van der Waals surface area contributed by atoms with Crippen molar-refractivity contribution < 1.29 is 18.3 Å². The second-order valence-corrected chi connectivity index (χ2v) is 7.62. The predicted octanol–water partition coefficient (Wildman–Crippen LogP) is 1.78. The molecule has 0 saturated heterocycles. The molecular formula is C14H20N2O4S. The summed E-state index contributed by atoms with van der Waals surface area (Å²) in [7, 11) is -3.69. The van der Waals surface area contributed by atoms with Gasteiger partial charge < -0.3 is 10.8 Å². The SMILES string of the molecule is CC(C)CN(C1CC1)S(=O)(=O)c1ccc(C(=O)O)cc1N. The summed E-state index contributed by atoms with van der Waals surface area (Å²) in [5.41, 5.74) is 5.72. The highest BCUT2D eigenvalue weighted by Crippen LogP contribution is 2.34. The standard InChI is InChI=1S/C14H20N2O4S/c1-9(2)8-16(11-4-5-11)21(19,20)13-6-3-10(14(17)18)7-12(13)15/h3,6-7,9,11H,4-5,8,15H2,1-2H3,(H,17,18). The molecule has 0 bridgehead atoms. The van der Waals surface area contributed by atoms with Crippen molar-refractivity contribution in [3.05, 3.63) is 23.8 Å². The quantitative estimate of drug-likeness (QED) is 0.780. The van der Waals surface area contributed by atoms with E-state index in [0.29, 0.717) is 6.54 Å². The molecular weight excluding hydrogens is 292 g/mol. The lowest BCUT2D eigenvalue weighted by molar-refractivity contribution is 0.0697. The number of nitrogen functional groups attached to an aromatic ring is 1. The highest BCUT2D eigenvalue weighted by atomic mass is 32.2. The van der Waals surface area contributed by atoms with Gasteiger partial charge in [-0.1, -0.05) is 13.8 Å². The number of nitrogens with zero attached hydrogens (tertiary/aromatic N) is 1. The Bertz CT molecular complexity index is 651. The molecule has 1 aromatic carbocycles. The average molecular weight is 312 g/mol. The van der Waals surface area contributed by atoms with E-state index in [0.717, 1.165) is 12.8 Å². The number of carbonyl (C=O) groups is 1. The summed E-state index contributed by atoms with van der Waals surface area (Å²) in [5.74, 6) is -0.924. The Morgan fingerprint density at radius 1 is 1.43 bits per heavy atom.